The molecule has 0 aromatic heterocycles. The van der Waals surface area contributed by atoms with Gasteiger partial charge in [0.25, 0.3) is 0 Å². The number of sulfonamides is 1. The van der Waals surface area contributed by atoms with E-state index in [0.717, 1.165) is 18.6 Å². The van der Waals surface area contributed by atoms with Gasteiger partial charge in [0.05, 0.1) is 15.5 Å². The van der Waals surface area contributed by atoms with Gasteiger partial charge in [0.2, 0.25) is 10.0 Å². The lowest BCUT2D eigenvalue weighted by molar-refractivity contribution is 0.552. The van der Waals surface area contributed by atoms with Crippen molar-refractivity contribution >= 4 is 33.4 Å². The van der Waals surface area contributed by atoms with Crippen LogP contribution in [0.25, 0.3) is 0 Å². The minimum absolute atomic E-state index is 0.0382. The van der Waals surface area contributed by atoms with Crippen LogP contribution in [0.5, 0.6) is 0 Å². The van der Waals surface area contributed by atoms with Gasteiger partial charge >= 0.3 is 0 Å². The molecule has 0 saturated carbocycles. The number of nitriles is 1. The molecule has 1 unspecified atom stereocenters. The molecule has 108 valence electrons. The molecule has 1 fully saturated rings. The highest BCUT2D eigenvalue weighted by Crippen LogP contribution is 2.37. The smallest absolute Gasteiger partial charge is 0.210 e. The Hall–Kier alpha value is -0.740. The minimum atomic E-state index is -3.59. The maximum Gasteiger partial charge on any atom is 0.240 e. The lowest BCUT2D eigenvalue weighted by Gasteiger charge is -2.22. The first kappa shape index (κ1) is 15.6. The van der Waals surface area contributed by atoms with Crippen LogP contribution >= 0.6 is 23.4 Å². The molecule has 4 nitrogen and oxygen atoms in total. The molecule has 1 aromatic rings. The zero-order valence-electron chi connectivity index (χ0n) is 11.0. The highest BCUT2D eigenvalue weighted by molar-refractivity contribution is 8.01. The molecule has 1 aliphatic heterocycles. The van der Waals surface area contributed by atoms with Gasteiger partial charge < -0.3 is 0 Å². The molecule has 1 aromatic carbocycles. The first-order valence-electron chi connectivity index (χ1n) is 6.20. The number of nitrogens with zero attached hydrogens (tertiary/aromatic N) is 1. The molecule has 0 radical (unpaired) electrons. The summed E-state index contributed by atoms with van der Waals surface area (Å²) in [5.74, 6) is 1.07. The van der Waals surface area contributed by atoms with Crippen molar-refractivity contribution < 1.29 is 8.42 Å². The maximum atomic E-state index is 12.2. The zero-order chi connectivity index (χ0) is 14.8. The van der Waals surface area contributed by atoms with Gasteiger partial charge in [-0.2, -0.15) is 17.0 Å². The number of halogens is 1. The standard InChI is InChI=1S/C13H15ClN2O2S2/c1-13(5-2-6-19-13)9-16-20(17,18)11-4-3-10(8-15)12(14)7-11/h3-4,7,16H,2,5-6,9H2,1H3. The molecule has 0 aliphatic carbocycles. The average Bonchev–Trinajstić information content (AvgIpc) is 2.84. The highest BCUT2D eigenvalue weighted by atomic mass is 35.5. The Morgan fingerprint density at radius 2 is 2.30 bits per heavy atom. The second kappa shape index (κ2) is 5.94. The molecular weight excluding hydrogens is 316 g/mol. The van der Waals surface area contributed by atoms with E-state index in [1.165, 1.54) is 18.2 Å². The van der Waals surface area contributed by atoms with Crippen molar-refractivity contribution in [1.29, 1.82) is 5.26 Å². The van der Waals surface area contributed by atoms with E-state index in [1.807, 2.05) is 6.07 Å². The van der Waals surface area contributed by atoms with E-state index in [1.54, 1.807) is 11.8 Å². The van der Waals surface area contributed by atoms with Crippen molar-refractivity contribution in [2.75, 3.05) is 12.3 Å². The number of hydrogen-bond donors (Lipinski definition) is 1. The van der Waals surface area contributed by atoms with Crippen LogP contribution in [0.1, 0.15) is 25.3 Å². The van der Waals surface area contributed by atoms with Crippen molar-refractivity contribution in [3.8, 4) is 6.07 Å². The Balaban J connectivity index is 2.14. The van der Waals surface area contributed by atoms with Gasteiger partial charge in [-0.1, -0.05) is 11.6 Å². The largest absolute Gasteiger partial charge is 0.240 e. The molecule has 1 heterocycles. The lowest BCUT2D eigenvalue weighted by atomic mass is 10.1. The summed E-state index contributed by atoms with van der Waals surface area (Å²) in [5, 5.41) is 8.94. The van der Waals surface area contributed by atoms with Crippen LogP contribution in [0.2, 0.25) is 5.02 Å². The van der Waals surface area contributed by atoms with Gasteiger partial charge in [-0.05, 0) is 43.7 Å². The van der Waals surface area contributed by atoms with Gasteiger partial charge in [-0.3, -0.25) is 0 Å². The fraction of sp³-hybridized carbons (Fsp3) is 0.462. The normalized spacial score (nSPS) is 22.6. The fourth-order valence-electron chi connectivity index (χ4n) is 2.06. The van der Waals surface area contributed by atoms with Crippen molar-refractivity contribution in [1.82, 2.24) is 4.72 Å². The van der Waals surface area contributed by atoms with Crippen molar-refractivity contribution in [2.45, 2.75) is 29.4 Å². The van der Waals surface area contributed by atoms with Crippen LogP contribution in [-0.4, -0.2) is 25.5 Å². The van der Waals surface area contributed by atoms with Crippen molar-refractivity contribution in [3.63, 3.8) is 0 Å². The summed E-state index contributed by atoms with van der Waals surface area (Å²) in [5.41, 5.74) is 0.268. The van der Waals surface area contributed by atoms with Gasteiger partial charge in [0.15, 0.2) is 0 Å². The topological polar surface area (TPSA) is 70.0 Å². The Bertz CT molecular complexity index is 647. The summed E-state index contributed by atoms with van der Waals surface area (Å²) in [7, 11) is -3.59. The van der Waals surface area contributed by atoms with Crippen LogP contribution in [-0.2, 0) is 10.0 Å². The summed E-state index contributed by atoms with van der Waals surface area (Å²) in [4.78, 5) is 0.0908. The first-order chi connectivity index (χ1) is 9.36. The van der Waals surface area contributed by atoms with E-state index in [-0.39, 0.29) is 20.2 Å². The van der Waals surface area contributed by atoms with E-state index in [0.29, 0.717) is 6.54 Å². The molecule has 2 rings (SSSR count). The van der Waals surface area contributed by atoms with Crippen LogP contribution in [0.3, 0.4) is 0 Å². The van der Waals surface area contributed by atoms with E-state index in [4.69, 9.17) is 16.9 Å². The van der Waals surface area contributed by atoms with Gasteiger partial charge in [-0.15, -0.1) is 0 Å². The molecule has 7 heteroatoms. The lowest BCUT2D eigenvalue weighted by Crippen LogP contribution is -2.36. The zero-order valence-corrected chi connectivity index (χ0v) is 13.4. The average molecular weight is 331 g/mol. The molecule has 20 heavy (non-hydrogen) atoms. The Kier molecular flexibility index (Phi) is 4.65. The monoisotopic (exact) mass is 330 g/mol. The number of nitrogens with one attached hydrogen (secondary N) is 1. The maximum absolute atomic E-state index is 12.2. The third kappa shape index (κ3) is 3.47. The third-order valence-corrected chi connectivity index (χ3v) is 6.56. The van der Waals surface area contributed by atoms with Gasteiger partial charge in [0, 0.05) is 11.3 Å². The Labute approximate surface area is 128 Å². The van der Waals surface area contributed by atoms with Crippen LogP contribution in [0, 0.1) is 11.3 Å². The predicted molar refractivity (Wildman–Crippen MR) is 81.5 cm³/mol. The number of benzene rings is 1. The van der Waals surface area contributed by atoms with E-state index in [9.17, 15) is 8.42 Å². The number of thioether (sulfide) groups is 1. The third-order valence-electron chi connectivity index (χ3n) is 3.31. The molecule has 1 atom stereocenters. The first-order valence-corrected chi connectivity index (χ1v) is 9.04. The summed E-state index contributed by atoms with van der Waals surface area (Å²) >= 11 is 7.67. The van der Waals surface area contributed by atoms with Crippen LogP contribution < -0.4 is 4.72 Å². The van der Waals surface area contributed by atoms with Gasteiger partial charge in [0.1, 0.15) is 6.07 Å². The molecule has 1 aliphatic rings. The quantitative estimate of drug-likeness (QED) is 0.921. The second-order valence-electron chi connectivity index (χ2n) is 4.98. The molecule has 0 bridgehead atoms. The van der Waals surface area contributed by atoms with E-state index >= 15 is 0 Å². The van der Waals surface area contributed by atoms with Crippen molar-refractivity contribution in [3.05, 3.63) is 28.8 Å². The summed E-state index contributed by atoms with van der Waals surface area (Å²) in [6.45, 7) is 2.47. The molecule has 0 spiro atoms. The summed E-state index contributed by atoms with van der Waals surface area (Å²) in [6, 6.07) is 6.04. The number of hydrogen-bond acceptors (Lipinski definition) is 4. The van der Waals surface area contributed by atoms with E-state index in [2.05, 4.69) is 11.6 Å². The molecule has 1 N–H and O–H groups in total. The highest BCUT2D eigenvalue weighted by Gasteiger charge is 2.31. The van der Waals surface area contributed by atoms with E-state index < -0.39 is 10.0 Å². The Morgan fingerprint density at radius 1 is 1.55 bits per heavy atom. The SMILES string of the molecule is CC1(CNS(=O)(=O)c2ccc(C#N)c(Cl)c2)CCCS1. The molecule has 1 saturated heterocycles. The van der Waals surface area contributed by atoms with Crippen LogP contribution in [0.4, 0.5) is 0 Å². The summed E-state index contributed by atoms with van der Waals surface area (Å²) < 4.78 is 27.0. The predicted octanol–water partition coefficient (Wildman–Crippen LogP) is 2.78. The van der Waals surface area contributed by atoms with Crippen molar-refractivity contribution in [2.24, 2.45) is 0 Å². The van der Waals surface area contributed by atoms with Crippen LogP contribution in [0.15, 0.2) is 23.1 Å². The molecular formula is C13H15ClN2O2S2. The summed E-state index contributed by atoms with van der Waals surface area (Å²) in [6.07, 6.45) is 2.12. The second-order valence-corrected chi connectivity index (χ2v) is 8.84. The molecule has 0 amide bonds. The minimum Gasteiger partial charge on any atom is -0.210 e. The van der Waals surface area contributed by atoms with Gasteiger partial charge in [-0.25, -0.2) is 13.1 Å². The number of rotatable bonds is 4. The Morgan fingerprint density at radius 3 is 2.85 bits per heavy atom. The fourth-order valence-corrected chi connectivity index (χ4v) is 4.88.